The molecule has 0 radical (unpaired) electrons. The number of carbonyl (C=O) groups excluding carboxylic acids is 2. The average molecular weight is 433 g/mol. The first kappa shape index (κ1) is 24.7. The normalized spacial score (nSPS) is 20.1. The Bertz CT molecular complexity index is 619. The van der Waals surface area contributed by atoms with Crippen LogP contribution in [0.4, 0.5) is 11.4 Å². The number of rotatable bonds is 5. The van der Waals surface area contributed by atoms with Crippen molar-refractivity contribution in [3.05, 3.63) is 24.3 Å². The summed E-state index contributed by atoms with van der Waals surface area (Å²) in [4.78, 5) is 26.7. The lowest BCUT2D eigenvalue weighted by molar-refractivity contribution is -0.128. The Morgan fingerprint density at radius 1 is 1.07 bits per heavy atom. The Hall–Kier alpha value is -1.38. The zero-order valence-corrected chi connectivity index (χ0v) is 17.6. The predicted molar refractivity (Wildman–Crippen MR) is 116 cm³/mol. The number of hydrogen-bond donors (Lipinski definition) is 3. The molecule has 9 heteroatoms. The van der Waals surface area contributed by atoms with Gasteiger partial charge in [-0.2, -0.15) is 0 Å². The van der Waals surface area contributed by atoms with E-state index in [0.717, 1.165) is 32.5 Å². The molecule has 2 saturated heterocycles. The van der Waals surface area contributed by atoms with Crippen molar-refractivity contribution in [3.8, 4) is 0 Å². The molecule has 2 heterocycles. The van der Waals surface area contributed by atoms with Crippen molar-refractivity contribution >= 4 is 48.0 Å². The highest BCUT2D eigenvalue weighted by Crippen LogP contribution is 2.16. The number of carbonyl (C=O) groups is 2. The number of amides is 2. The van der Waals surface area contributed by atoms with E-state index in [1.54, 1.807) is 12.1 Å². The number of benzene rings is 1. The maximum atomic E-state index is 12.3. The van der Waals surface area contributed by atoms with E-state index in [1.165, 1.54) is 12.8 Å². The standard InChI is InChI=1S/C19H28N4O3.2ClH/c24-18(14-23-9-3-1-2-4-10-23)21-15-6-5-7-16(12-15)22-19(25)17-13-20-8-11-26-17;;/h5-7,12,17,20H,1-4,8-11,13-14H2,(H,21,24)(H,22,25);2*1H. The minimum atomic E-state index is -0.481. The molecule has 1 unspecified atom stereocenters. The van der Waals surface area contributed by atoms with Crippen molar-refractivity contribution < 1.29 is 14.3 Å². The van der Waals surface area contributed by atoms with Crippen LogP contribution in [-0.2, 0) is 14.3 Å². The Kier molecular flexibility index (Phi) is 11.4. The molecule has 0 saturated carbocycles. The summed E-state index contributed by atoms with van der Waals surface area (Å²) >= 11 is 0. The van der Waals surface area contributed by atoms with Gasteiger partial charge in [0.1, 0.15) is 6.10 Å². The number of anilines is 2. The predicted octanol–water partition coefficient (Wildman–Crippen LogP) is 2.27. The summed E-state index contributed by atoms with van der Waals surface area (Å²) in [5.74, 6) is -0.194. The first-order chi connectivity index (χ1) is 12.7. The summed E-state index contributed by atoms with van der Waals surface area (Å²) < 4.78 is 5.45. The van der Waals surface area contributed by atoms with Crippen LogP contribution in [0.3, 0.4) is 0 Å². The van der Waals surface area contributed by atoms with Crippen molar-refractivity contribution in [1.82, 2.24) is 10.2 Å². The minimum Gasteiger partial charge on any atom is -0.366 e. The molecule has 158 valence electrons. The lowest BCUT2D eigenvalue weighted by Gasteiger charge is -2.22. The van der Waals surface area contributed by atoms with Crippen molar-refractivity contribution in [1.29, 1.82) is 0 Å². The van der Waals surface area contributed by atoms with Gasteiger partial charge < -0.3 is 20.7 Å². The quantitative estimate of drug-likeness (QED) is 0.664. The SMILES string of the molecule is Cl.Cl.O=C(CN1CCCCCC1)Nc1cccc(NC(=O)C2CNCCO2)c1. The van der Waals surface area contributed by atoms with E-state index in [9.17, 15) is 9.59 Å². The second kappa shape index (κ2) is 13.0. The number of hydrogen-bond acceptors (Lipinski definition) is 5. The zero-order chi connectivity index (χ0) is 18.2. The molecule has 1 aromatic carbocycles. The highest BCUT2D eigenvalue weighted by Gasteiger charge is 2.21. The number of nitrogens with zero attached hydrogens (tertiary/aromatic N) is 1. The maximum absolute atomic E-state index is 12.3. The summed E-state index contributed by atoms with van der Waals surface area (Å²) in [5, 5.41) is 8.91. The molecule has 2 aliphatic heterocycles. The summed E-state index contributed by atoms with van der Waals surface area (Å²) in [6.45, 7) is 4.20. The molecular formula is C19H30Cl2N4O3. The third kappa shape index (κ3) is 7.93. The molecule has 0 spiro atoms. The topological polar surface area (TPSA) is 82.7 Å². The first-order valence-corrected chi connectivity index (χ1v) is 9.46. The van der Waals surface area contributed by atoms with Crippen LogP contribution in [0.25, 0.3) is 0 Å². The van der Waals surface area contributed by atoms with Crippen LogP contribution in [0, 0.1) is 0 Å². The van der Waals surface area contributed by atoms with Gasteiger partial charge in [0, 0.05) is 24.5 Å². The molecule has 0 aromatic heterocycles. The summed E-state index contributed by atoms with van der Waals surface area (Å²) in [5.41, 5.74) is 1.34. The van der Waals surface area contributed by atoms with E-state index in [0.29, 0.717) is 31.1 Å². The molecule has 0 bridgehead atoms. The van der Waals surface area contributed by atoms with E-state index < -0.39 is 6.10 Å². The molecule has 2 amide bonds. The van der Waals surface area contributed by atoms with E-state index in [1.807, 2.05) is 12.1 Å². The molecule has 2 fully saturated rings. The van der Waals surface area contributed by atoms with Crippen molar-refractivity contribution in [2.75, 3.05) is 50.0 Å². The van der Waals surface area contributed by atoms with Gasteiger partial charge in [0.2, 0.25) is 5.91 Å². The first-order valence-electron chi connectivity index (χ1n) is 9.46. The molecule has 3 rings (SSSR count). The van der Waals surface area contributed by atoms with Gasteiger partial charge in [0.25, 0.3) is 5.91 Å². The number of halogens is 2. The highest BCUT2D eigenvalue weighted by atomic mass is 35.5. The summed E-state index contributed by atoms with van der Waals surface area (Å²) in [6, 6.07) is 7.22. The van der Waals surface area contributed by atoms with Crippen molar-refractivity contribution in [3.63, 3.8) is 0 Å². The van der Waals surface area contributed by atoms with Gasteiger partial charge >= 0.3 is 0 Å². The van der Waals surface area contributed by atoms with Gasteiger partial charge in [-0.15, -0.1) is 24.8 Å². The molecule has 1 aromatic rings. The van der Waals surface area contributed by atoms with E-state index in [2.05, 4.69) is 20.9 Å². The number of morpholine rings is 1. The second-order valence-electron chi connectivity index (χ2n) is 6.87. The second-order valence-corrected chi connectivity index (χ2v) is 6.87. The highest BCUT2D eigenvalue weighted by molar-refractivity contribution is 5.96. The minimum absolute atomic E-state index is 0. The fourth-order valence-corrected chi connectivity index (χ4v) is 3.33. The van der Waals surface area contributed by atoms with Gasteiger partial charge in [-0.05, 0) is 44.1 Å². The molecule has 1 atom stereocenters. The fourth-order valence-electron chi connectivity index (χ4n) is 3.33. The van der Waals surface area contributed by atoms with E-state index in [-0.39, 0.29) is 36.6 Å². The van der Waals surface area contributed by atoms with Gasteiger partial charge in [-0.25, -0.2) is 0 Å². The molecule has 28 heavy (non-hydrogen) atoms. The zero-order valence-electron chi connectivity index (χ0n) is 15.9. The van der Waals surface area contributed by atoms with Crippen LogP contribution in [0.5, 0.6) is 0 Å². The maximum Gasteiger partial charge on any atom is 0.254 e. The van der Waals surface area contributed by atoms with Gasteiger partial charge in [0.05, 0.1) is 13.2 Å². The number of likely N-dealkylation sites (tertiary alicyclic amines) is 1. The van der Waals surface area contributed by atoms with E-state index in [4.69, 9.17) is 4.74 Å². The average Bonchev–Trinajstić information content (AvgIpc) is 2.91. The van der Waals surface area contributed by atoms with Gasteiger partial charge in [0.15, 0.2) is 0 Å². The van der Waals surface area contributed by atoms with Crippen LogP contribution < -0.4 is 16.0 Å². The largest absolute Gasteiger partial charge is 0.366 e. The van der Waals surface area contributed by atoms with Crippen molar-refractivity contribution in [2.45, 2.75) is 31.8 Å². The van der Waals surface area contributed by atoms with Gasteiger partial charge in [-0.3, -0.25) is 14.5 Å². The molecule has 2 aliphatic rings. The molecule has 0 aliphatic carbocycles. The van der Waals surface area contributed by atoms with Gasteiger partial charge in [-0.1, -0.05) is 18.9 Å². The number of ether oxygens (including phenoxy) is 1. The Labute approximate surface area is 178 Å². The van der Waals surface area contributed by atoms with Crippen LogP contribution in [0.2, 0.25) is 0 Å². The lowest BCUT2D eigenvalue weighted by atomic mass is 10.2. The third-order valence-corrected chi connectivity index (χ3v) is 4.70. The van der Waals surface area contributed by atoms with Crippen LogP contribution in [-0.4, -0.2) is 62.1 Å². The molecule has 7 nitrogen and oxygen atoms in total. The molecule has 3 N–H and O–H groups in total. The lowest BCUT2D eigenvalue weighted by Crippen LogP contribution is -2.45. The summed E-state index contributed by atoms with van der Waals surface area (Å²) in [7, 11) is 0. The van der Waals surface area contributed by atoms with Crippen LogP contribution in [0.1, 0.15) is 25.7 Å². The summed E-state index contributed by atoms with van der Waals surface area (Å²) in [6.07, 6.45) is 4.34. The fraction of sp³-hybridized carbons (Fsp3) is 0.579. The van der Waals surface area contributed by atoms with Crippen molar-refractivity contribution in [2.24, 2.45) is 0 Å². The van der Waals surface area contributed by atoms with Crippen LogP contribution in [0.15, 0.2) is 24.3 Å². The Morgan fingerprint density at radius 2 is 1.75 bits per heavy atom. The molecular weight excluding hydrogens is 403 g/mol. The Balaban J connectivity index is 0.00000196. The van der Waals surface area contributed by atoms with Crippen LogP contribution >= 0.6 is 24.8 Å². The van der Waals surface area contributed by atoms with E-state index >= 15 is 0 Å². The third-order valence-electron chi connectivity index (χ3n) is 4.70. The number of nitrogens with one attached hydrogen (secondary N) is 3. The monoisotopic (exact) mass is 432 g/mol. The Morgan fingerprint density at radius 3 is 2.39 bits per heavy atom. The smallest absolute Gasteiger partial charge is 0.254 e.